The van der Waals surface area contributed by atoms with Crippen LogP contribution in [0, 0.1) is 10.1 Å². The van der Waals surface area contributed by atoms with E-state index >= 15 is 0 Å². The maximum Gasteiger partial charge on any atom is 0.309 e. The molecule has 9 heteroatoms. The summed E-state index contributed by atoms with van der Waals surface area (Å²) in [6, 6.07) is 4.53. The summed E-state index contributed by atoms with van der Waals surface area (Å²) in [5, 5.41) is 10.8. The van der Waals surface area contributed by atoms with Crippen molar-refractivity contribution in [2.75, 3.05) is 0 Å². The van der Waals surface area contributed by atoms with Gasteiger partial charge in [0.15, 0.2) is 5.96 Å². The molecule has 8 nitrogen and oxygen atoms in total. The topological polar surface area (TPSA) is 146 Å². The van der Waals surface area contributed by atoms with Crippen molar-refractivity contribution in [1.29, 1.82) is 0 Å². The van der Waals surface area contributed by atoms with E-state index in [-0.39, 0.29) is 23.3 Å². The number of para-hydroxylation sites is 1. The van der Waals surface area contributed by atoms with E-state index in [0.717, 1.165) is 0 Å². The third-order valence-electron chi connectivity index (χ3n) is 1.63. The van der Waals surface area contributed by atoms with E-state index in [9.17, 15) is 10.1 Å². The summed E-state index contributed by atoms with van der Waals surface area (Å²) < 4.78 is 0.293. The lowest BCUT2D eigenvalue weighted by Gasteiger charge is -2.00. The van der Waals surface area contributed by atoms with Crippen LogP contribution in [-0.2, 0) is 0 Å². The predicted octanol–water partition coefficient (Wildman–Crippen LogP) is 0.577. The van der Waals surface area contributed by atoms with E-state index in [0.29, 0.717) is 4.47 Å². The summed E-state index contributed by atoms with van der Waals surface area (Å²) in [5.74, 6) is -0.532. The maximum absolute atomic E-state index is 10.8. The van der Waals surface area contributed by atoms with E-state index in [2.05, 4.69) is 25.9 Å². The molecule has 1 aromatic carbocycles. The largest absolute Gasteiger partial charge is 0.370 e. The molecule has 0 saturated carbocycles. The first kappa shape index (κ1) is 12.9. The molecule has 0 heterocycles. The first-order chi connectivity index (χ1) is 7.91. The molecular formula is C8H9BrN6O2. The first-order valence-corrected chi connectivity index (χ1v) is 5.08. The minimum absolute atomic E-state index is 0.0619. The lowest BCUT2D eigenvalue weighted by Crippen LogP contribution is -2.26. The van der Waals surface area contributed by atoms with Crippen molar-refractivity contribution in [2.45, 2.75) is 0 Å². The van der Waals surface area contributed by atoms with Gasteiger partial charge in [-0.2, -0.15) is 4.99 Å². The van der Waals surface area contributed by atoms with Gasteiger partial charge in [0, 0.05) is 0 Å². The van der Waals surface area contributed by atoms with Crippen LogP contribution in [0.5, 0.6) is 0 Å². The van der Waals surface area contributed by atoms with E-state index in [1.54, 1.807) is 6.07 Å². The van der Waals surface area contributed by atoms with Crippen molar-refractivity contribution in [1.82, 2.24) is 0 Å². The van der Waals surface area contributed by atoms with Gasteiger partial charge in [0.25, 0.3) is 0 Å². The molecule has 0 aromatic heterocycles. The fraction of sp³-hybridized carbons (Fsp3) is 0. The Morgan fingerprint density at radius 1 is 1.35 bits per heavy atom. The molecule has 0 saturated heterocycles. The number of rotatable bonds is 2. The van der Waals surface area contributed by atoms with Crippen LogP contribution in [0.1, 0.15) is 0 Å². The smallest absolute Gasteiger partial charge is 0.309 e. The number of halogens is 1. The zero-order valence-corrected chi connectivity index (χ0v) is 10.1. The van der Waals surface area contributed by atoms with Gasteiger partial charge in [-0.1, -0.05) is 6.07 Å². The van der Waals surface area contributed by atoms with E-state index in [4.69, 9.17) is 17.2 Å². The molecule has 0 spiro atoms. The summed E-state index contributed by atoms with van der Waals surface area (Å²) >= 11 is 3.05. The first-order valence-electron chi connectivity index (χ1n) is 4.28. The van der Waals surface area contributed by atoms with Gasteiger partial charge >= 0.3 is 5.69 Å². The van der Waals surface area contributed by atoms with Crippen molar-refractivity contribution >= 4 is 39.2 Å². The number of nitro groups is 1. The number of nitrogens with zero attached hydrogens (tertiary/aromatic N) is 3. The van der Waals surface area contributed by atoms with Gasteiger partial charge in [-0.05, 0) is 28.1 Å². The predicted molar refractivity (Wildman–Crippen MR) is 67.9 cm³/mol. The second-order valence-corrected chi connectivity index (χ2v) is 3.73. The average Bonchev–Trinajstić information content (AvgIpc) is 2.15. The van der Waals surface area contributed by atoms with Gasteiger partial charge < -0.3 is 17.2 Å². The average molecular weight is 301 g/mol. The molecule has 6 N–H and O–H groups in total. The Morgan fingerprint density at radius 3 is 2.53 bits per heavy atom. The molecule has 0 aliphatic heterocycles. The maximum atomic E-state index is 10.8. The SMILES string of the molecule is NC(N)=NC(N)=Nc1cccc(Br)c1[N+](=O)[O-]. The van der Waals surface area contributed by atoms with Crippen molar-refractivity contribution in [3.63, 3.8) is 0 Å². The highest BCUT2D eigenvalue weighted by Crippen LogP contribution is 2.34. The highest BCUT2D eigenvalue weighted by atomic mass is 79.9. The Bertz CT molecular complexity index is 509. The fourth-order valence-corrected chi connectivity index (χ4v) is 1.56. The second kappa shape index (κ2) is 5.25. The molecule has 0 fully saturated rings. The minimum atomic E-state index is -0.578. The van der Waals surface area contributed by atoms with Gasteiger partial charge in [0.1, 0.15) is 5.69 Å². The lowest BCUT2D eigenvalue weighted by molar-refractivity contribution is -0.384. The molecule has 1 aromatic rings. The van der Waals surface area contributed by atoms with Crippen molar-refractivity contribution < 1.29 is 4.92 Å². The van der Waals surface area contributed by atoms with Crippen LogP contribution in [0.15, 0.2) is 32.7 Å². The monoisotopic (exact) mass is 300 g/mol. The Kier molecular flexibility index (Phi) is 3.99. The van der Waals surface area contributed by atoms with E-state index in [1.807, 2.05) is 0 Å². The van der Waals surface area contributed by atoms with Crippen LogP contribution >= 0.6 is 15.9 Å². The van der Waals surface area contributed by atoms with Crippen LogP contribution in [-0.4, -0.2) is 16.8 Å². The Balaban J connectivity index is 3.28. The van der Waals surface area contributed by atoms with Crippen LogP contribution in [0.3, 0.4) is 0 Å². The molecule has 0 radical (unpaired) electrons. The van der Waals surface area contributed by atoms with E-state index in [1.165, 1.54) is 12.1 Å². The Morgan fingerprint density at radius 2 is 2.00 bits per heavy atom. The van der Waals surface area contributed by atoms with Gasteiger partial charge in [0.05, 0.1) is 9.40 Å². The number of guanidine groups is 2. The Labute approximate surface area is 104 Å². The highest BCUT2D eigenvalue weighted by molar-refractivity contribution is 9.10. The van der Waals surface area contributed by atoms with Crippen LogP contribution in [0.4, 0.5) is 11.4 Å². The molecular weight excluding hydrogens is 292 g/mol. The van der Waals surface area contributed by atoms with Gasteiger partial charge in [0.2, 0.25) is 5.96 Å². The van der Waals surface area contributed by atoms with Crippen molar-refractivity contribution in [3.05, 3.63) is 32.8 Å². The number of benzene rings is 1. The van der Waals surface area contributed by atoms with Crippen molar-refractivity contribution in [3.8, 4) is 0 Å². The summed E-state index contributed by atoms with van der Waals surface area (Å²) in [7, 11) is 0. The molecule has 1 rings (SSSR count). The summed E-state index contributed by atoms with van der Waals surface area (Å²) in [5.41, 5.74) is 15.4. The number of hydrogen-bond donors (Lipinski definition) is 3. The number of hydrogen-bond acceptors (Lipinski definition) is 3. The van der Waals surface area contributed by atoms with Crippen LogP contribution in [0.25, 0.3) is 0 Å². The molecule has 0 amide bonds. The molecule has 0 aliphatic carbocycles. The normalized spacial score (nSPS) is 11.0. The van der Waals surface area contributed by atoms with Crippen LogP contribution < -0.4 is 17.2 Å². The van der Waals surface area contributed by atoms with E-state index < -0.39 is 4.92 Å². The molecule has 0 unspecified atom stereocenters. The molecule has 0 aliphatic rings. The van der Waals surface area contributed by atoms with Gasteiger partial charge in [-0.3, -0.25) is 10.1 Å². The molecule has 17 heavy (non-hydrogen) atoms. The Hall–Kier alpha value is -2.16. The number of nitrogens with two attached hydrogens (primary N) is 3. The van der Waals surface area contributed by atoms with Gasteiger partial charge in [-0.15, -0.1) is 0 Å². The van der Waals surface area contributed by atoms with Crippen LogP contribution in [0.2, 0.25) is 0 Å². The third kappa shape index (κ3) is 3.41. The molecule has 0 atom stereocenters. The minimum Gasteiger partial charge on any atom is -0.370 e. The lowest BCUT2D eigenvalue weighted by atomic mass is 10.3. The third-order valence-corrected chi connectivity index (χ3v) is 2.27. The highest BCUT2D eigenvalue weighted by Gasteiger charge is 2.17. The quantitative estimate of drug-likeness (QED) is 0.316. The second-order valence-electron chi connectivity index (χ2n) is 2.87. The zero-order valence-electron chi connectivity index (χ0n) is 8.50. The fourth-order valence-electron chi connectivity index (χ4n) is 1.06. The summed E-state index contributed by atoms with van der Waals surface area (Å²) in [6.07, 6.45) is 0. The number of nitro benzene ring substituents is 1. The molecule has 90 valence electrons. The zero-order chi connectivity index (χ0) is 13.0. The number of aliphatic imine (C=N–C) groups is 2. The summed E-state index contributed by atoms with van der Waals surface area (Å²) in [6.45, 7) is 0. The van der Waals surface area contributed by atoms with Gasteiger partial charge in [-0.25, -0.2) is 4.99 Å². The summed E-state index contributed by atoms with van der Waals surface area (Å²) in [4.78, 5) is 17.5. The molecule has 0 bridgehead atoms. The van der Waals surface area contributed by atoms with Crippen molar-refractivity contribution in [2.24, 2.45) is 27.2 Å². The standard InChI is InChI=1S/C8H9BrN6O2/c9-4-2-1-3-5(6(4)15(16)17)13-8(12)14-7(10)11/h1-3H,(H6,10,11,12,13,14).